The van der Waals surface area contributed by atoms with Crippen LogP contribution in [-0.2, 0) is 11.8 Å². The van der Waals surface area contributed by atoms with Crippen LogP contribution in [0.2, 0.25) is 0 Å². The summed E-state index contributed by atoms with van der Waals surface area (Å²) in [6.07, 6.45) is 5.13. The number of rotatable bonds is 5. The van der Waals surface area contributed by atoms with Crippen molar-refractivity contribution in [1.29, 1.82) is 0 Å². The molecule has 1 aliphatic rings. The molecule has 2 atom stereocenters. The molecule has 1 fully saturated rings. The predicted molar refractivity (Wildman–Crippen MR) is 90.2 cm³/mol. The average molecular weight is 344 g/mol. The number of pyridine rings is 1. The third kappa shape index (κ3) is 3.45. The van der Waals surface area contributed by atoms with Crippen LogP contribution in [0.4, 0.5) is 5.69 Å². The molecule has 2 aromatic rings. The second-order valence-electron chi connectivity index (χ2n) is 5.95. The zero-order valence-corrected chi connectivity index (χ0v) is 14.0. The SMILES string of the molecule is COc1ncc(NC(=O)[C@H]2CNC[C@@H]2c2cnn(C)c2)cc1C(N)=O. The number of carbonyl (C=O) groups excluding carboxylic acids is 2. The number of hydrogen-bond donors (Lipinski definition) is 3. The summed E-state index contributed by atoms with van der Waals surface area (Å²) in [7, 11) is 3.24. The van der Waals surface area contributed by atoms with Crippen LogP contribution in [0.5, 0.6) is 5.88 Å². The van der Waals surface area contributed by atoms with Crippen LogP contribution < -0.4 is 21.1 Å². The molecule has 1 saturated heterocycles. The maximum atomic E-state index is 12.7. The maximum absolute atomic E-state index is 12.7. The summed E-state index contributed by atoms with van der Waals surface area (Å²) >= 11 is 0. The van der Waals surface area contributed by atoms with Crippen LogP contribution in [-0.4, -0.2) is 46.8 Å². The van der Waals surface area contributed by atoms with E-state index in [1.165, 1.54) is 19.4 Å². The number of nitrogens with zero attached hydrogens (tertiary/aromatic N) is 3. The number of hydrogen-bond acceptors (Lipinski definition) is 6. The van der Waals surface area contributed by atoms with E-state index in [-0.39, 0.29) is 29.2 Å². The van der Waals surface area contributed by atoms with Gasteiger partial charge in [-0.3, -0.25) is 14.3 Å². The molecule has 0 aliphatic carbocycles. The molecular formula is C16H20N6O3. The van der Waals surface area contributed by atoms with E-state index >= 15 is 0 Å². The molecule has 25 heavy (non-hydrogen) atoms. The van der Waals surface area contributed by atoms with E-state index in [2.05, 4.69) is 20.7 Å². The number of amides is 2. The Kier molecular flexibility index (Phi) is 4.66. The van der Waals surface area contributed by atoms with E-state index in [0.717, 1.165) is 5.56 Å². The Balaban J connectivity index is 1.77. The smallest absolute Gasteiger partial charge is 0.254 e. The van der Waals surface area contributed by atoms with Crippen molar-refractivity contribution in [2.45, 2.75) is 5.92 Å². The first-order valence-electron chi connectivity index (χ1n) is 7.83. The number of anilines is 1. The fourth-order valence-electron chi connectivity index (χ4n) is 3.03. The van der Waals surface area contributed by atoms with Gasteiger partial charge in [-0.2, -0.15) is 5.10 Å². The Morgan fingerprint density at radius 2 is 2.20 bits per heavy atom. The summed E-state index contributed by atoms with van der Waals surface area (Å²) in [6.45, 7) is 1.27. The van der Waals surface area contributed by atoms with Crippen molar-refractivity contribution in [2.75, 3.05) is 25.5 Å². The molecule has 0 spiro atoms. The summed E-state index contributed by atoms with van der Waals surface area (Å²) in [5.74, 6) is -0.905. The van der Waals surface area contributed by atoms with Gasteiger partial charge in [-0.25, -0.2) is 4.98 Å². The van der Waals surface area contributed by atoms with E-state index in [9.17, 15) is 9.59 Å². The van der Waals surface area contributed by atoms with Crippen molar-refractivity contribution < 1.29 is 14.3 Å². The van der Waals surface area contributed by atoms with E-state index in [0.29, 0.717) is 18.8 Å². The Labute approximate surface area is 144 Å². The van der Waals surface area contributed by atoms with Crippen LogP contribution in [0.25, 0.3) is 0 Å². The number of ether oxygens (including phenoxy) is 1. The zero-order chi connectivity index (χ0) is 18.0. The summed E-state index contributed by atoms with van der Waals surface area (Å²) in [4.78, 5) is 28.2. The lowest BCUT2D eigenvalue weighted by Gasteiger charge is -2.17. The lowest BCUT2D eigenvalue weighted by atomic mass is 9.90. The Morgan fingerprint density at radius 1 is 1.40 bits per heavy atom. The topological polar surface area (TPSA) is 124 Å². The fourth-order valence-corrected chi connectivity index (χ4v) is 3.03. The zero-order valence-electron chi connectivity index (χ0n) is 14.0. The summed E-state index contributed by atoms with van der Waals surface area (Å²) in [6, 6.07) is 1.47. The van der Waals surface area contributed by atoms with Gasteiger partial charge in [-0.15, -0.1) is 0 Å². The van der Waals surface area contributed by atoms with E-state index in [4.69, 9.17) is 10.5 Å². The largest absolute Gasteiger partial charge is 0.480 e. The molecular weight excluding hydrogens is 324 g/mol. The van der Waals surface area contributed by atoms with Crippen molar-refractivity contribution in [3.05, 3.63) is 35.8 Å². The number of methoxy groups -OCH3 is 1. The van der Waals surface area contributed by atoms with Gasteiger partial charge in [0.1, 0.15) is 5.56 Å². The second kappa shape index (κ2) is 6.89. The molecule has 2 aromatic heterocycles. The molecule has 1 aliphatic heterocycles. The molecule has 0 aromatic carbocycles. The molecule has 3 heterocycles. The van der Waals surface area contributed by atoms with E-state index in [1.807, 2.05) is 13.2 Å². The van der Waals surface area contributed by atoms with Gasteiger partial charge in [0, 0.05) is 32.3 Å². The van der Waals surface area contributed by atoms with Crippen LogP contribution >= 0.6 is 0 Å². The Hall–Kier alpha value is -2.94. The lowest BCUT2D eigenvalue weighted by Crippen LogP contribution is -2.28. The molecule has 0 saturated carbocycles. The predicted octanol–water partition coefficient (Wildman–Crippen LogP) is -0.136. The molecule has 2 amide bonds. The number of aromatic nitrogens is 3. The molecule has 132 valence electrons. The average Bonchev–Trinajstić information content (AvgIpc) is 3.23. The van der Waals surface area contributed by atoms with Crippen molar-refractivity contribution in [3.8, 4) is 5.88 Å². The number of aryl methyl sites for hydroxylation is 1. The molecule has 3 rings (SSSR count). The molecule has 0 unspecified atom stereocenters. The first-order chi connectivity index (χ1) is 12.0. The standard InChI is InChI=1S/C16H20N6O3/c1-22-8-9(4-20-22)12-6-18-7-13(12)15(24)21-10-3-11(14(17)23)16(25-2)19-5-10/h3-5,8,12-13,18H,6-7H2,1-2H3,(H2,17,23)(H,21,24)/t12-,13+/m1/s1. The van der Waals surface area contributed by atoms with Gasteiger partial charge in [0.15, 0.2) is 0 Å². The second-order valence-corrected chi connectivity index (χ2v) is 5.95. The quantitative estimate of drug-likeness (QED) is 0.694. The number of carbonyl (C=O) groups is 2. The van der Waals surface area contributed by atoms with Gasteiger partial charge < -0.3 is 21.1 Å². The van der Waals surface area contributed by atoms with Crippen molar-refractivity contribution in [2.24, 2.45) is 18.7 Å². The van der Waals surface area contributed by atoms with Gasteiger partial charge in [-0.1, -0.05) is 0 Å². The molecule has 0 bridgehead atoms. The minimum atomic E-state index is -0.670. The van der Waals surface area contributed by atoms with E-state index < -0.39 is 5.91 Å². The third-order valence-electron chi connectivity index (χ3n) is 4.28. The molecule has 4 N–H and O–H groups in total. The minimum absolute atomic E-state index is 0.0375. The normalized spacial score (nSPS) is 19.6. The first kappa shape index (κ1) is 16.9. The molecule has 0 radical (unpaired) electrons. The van der Waals surface area contributed by atoms with Crippen molar-refractivity contribution >= 4 is 17.5 Å². The highest BCUT2D eigenvalue weighted by molar-refractivity contribution is 5.98. The van der Waals surface area contributed by atoms with Crippen molar-refractivity contribution in [3.63, 3.8) is 0 Å². The van der Waals surface area contributed by atoms with Crippen LogP contribution in [0.3, 0.4) is 0 Å². The van der Waals surface area contributed by atoms with Crippen LogP contribution in [0, 0.1) is 5.92 Å². The third-order valence-corrected chi connectivity index (χ3v) is 4.28. The van der Waals surface area contributed by atoms with Gasteiger partial charge in [0.2, 0.25) is 11.8 Å². The van der Waals surface area contributed by atoms with Crippen LogP contribution in [0.1, 0.15) is 21.8 Å². The Bertz CT molecular complexity index is 803. The highest BCUT2D eigenvalue weighted by Crippen LogP contribution is 2.29. The number of nitrogens with one attached hydrogen (secondary N) is 2. The summed E-state index contributed by atoms with van der Waals surface area (Å²) < 4.78 is 6.72. The lowest BCUT2D eigenvalue weighted by molar-refractivity contribution is -0.119. The van der Waals surface area contributed by atoms with Crippen LogP contribution in [0.15, 0.2) is 24.7 Å². The number of primary amides is 1. The fraction of sp³-hybridized carbons (Fsp3) is 0.375. The highest BCUT2D eigenvalue weighted by Gasteiger charge is 2.34. The van der Waals surface area contributed by atoms with Gasteiger partial charge in [-0.05, 0) is 11.6 Å². The monoisotopic (exact) mass is 344 g/mol. The summed E-state index contributed by atoms with van der Waals surface area (Å²) in [5.41, 5.74) is 6.85. The number of nitrogens with two attached hydrogens (primary N) is 1. The summed E-state index contributed by atoms with van der Waals surface area (Å²) in [5, 5.41) is 10.2. The van der Waals surface area contributed by atoms with Crippen molar-refractivity contribution in [1.82, 2.24) is 20.1 Å². The molecule has 9 nitrogen and oxygen atoms in total. The maximum Gasteiger partial charge on any atom is 0.254 e. The van der Waals surface area contributed by atoms with E-state index in [1.54, 1.807) is 10.9 Å². The highest BCUT2D eigenvalue weighted by atomic mass is 16.5. The molecule has 9 heteroatoms. The minimum Gasteiger partial charge on any atom is -0.480 e. The van der Waals surface area contributed by atoms with Gasteiger partial charge in [0.25, 0.3) is 5.91 Å². The first-order valence-corrected chi connectivity index (χ1v) is 7.83. The van der Waals surface area contributed by atoms with Gasteiger partial charge >= 0.3 is 0 Å². The Morgan fingerprint density at radius 3 is 2.84 bits per heavy atom. The van der Waals surface area contributed by atoms with Gasteiger partial charge in [0.05, 0.1) is 31.1 Å².